The molecule has 2 heterocycles. The van der Waals surface area contributed by atoms with Gasteiger partial charge in [-0.05, 0) is 56.2 Å². The summed E-state index contributed by atoms with van der Waals surface area (Å²) in [6.07, 6.45) is 4.35. The third kappa shape index (κ3) is 3.19. The Labute approximate surface area is 159 Å². The highest BCUT2D eigenvalue weighted by atomic mass is 19.1. The summed E-state index contributed by atoms with van der Waals surface area (Å²) >= 11 is 0. The average Bonchev–Trinajstić information content (AvgIpc) is 2.96. The van der Waals surface area contributed by atoms with Crippen LogP contribution in [0.1, 0.15) is 50.5 Å². The maximum absolute atomic E-state index is 14.5. The number of methoxy groups -OCH3 is 1. The fourth-order valence-electron chi connectivity index (χ4n) is 4.67. The molecule has 1 spiro atoms. The van der Waals surface area contributed by atoms with Crippen LogP contribution in [0.3, 0.4) is 0 Å². The van der Waals surface area contributed by atoms with E-state index in [0.717, 1.165) is 37.0 Å². The van der Waals surface area contributed by atoms with Gasteiger partial charge >= 0.3 is 0 Å². The van der Waals surface area contributed by atoms with E-state index in [4.69, 9.17) is 4.74 Å². The largest absolute Gasteiger partial charge is 0.497 e. The lowest BCUT2D eigenvalue weighted by atomic mass is 9.79. The quantitative estimate of drug-likeness (QED) is 0.814. The van der Waals surface area contributed by atoms with Crippen molar-refractivity contribution in [2.45, 2.75) is 62.7 Å². The van der Waals surface area contributed by atoms with Crippen LogP contribution >= 0.6 is 0 Å². The van der Waals surface area contributed by atoms with Gasteiger partial charge in [-0.15, -0.1) is 0 Å². The van der Waals surface area contributed by atoms with Crippen molar-refractivity contribution in [3.8, 4) is 5.75 Å². The van der Waals surface area contributed by atoms with Gasteiger partial charge in [-0.1, -0.05) is 12.1 Å². The molecule has 1 aliphatic carbocycles. The van der Waals surface area contributed by atoms with Crippen molar-refractivity contribution in [1.29, 1.82) is 0 Å². The summed E-state index contributed by atoms with van der Waals surface area (Å²) in [7, 11) is 1.63. The van der Waals surface area contributed by atoms with E-state index in [1.165, 1.54) is 0 Å². The van der Waals surface area contributed by atoms with E-state index in [0.29, 0.717) is 38.9 Å². The zero-order chi connectivity index (χ0) is 19.1. The molecule has 0 aromatic heterocycles. The first-order valence-corrected chi connectivity index (χ1v) is 9.88. The summed E-state index contributed by atoms with van der Waals surface area (Å²) in [6.45, 7) is 1.65. The molecule has 0 bridgehead atoms. The predicted octanol–water partition coefficient (Wildman–Crippen LogP) is 3.07. The number of nitrogens with zero attached hydrogens (tertiary/aromatic N) is 2. The first kappa shape index (κ1) is 18.3. The molecule has 1 aromatic carbocycles. The van der Waals surface area contributed by atoms with Crippen molar-refractivity contribution in [3.05, 3.63) is 29.8 Å². The normalized spacial score (nSPS) is 23.4. The minimum absolute atomic E-state index is 0.173. The molecule has 6 heteroatoms. The van der Waals surface area contributed by atoms with E-state index in [1.54, 1.807) is 12.0 Å². The summed E-state index contributed by atoms with van der Waals surface area (Å²) < 4.78 is 19.7. The van der Waals surface area contributed by atoms with Crippen LogP contribution in [0.2, 0.25) is 0 Å². The molecular weight excluding hydrogens is 347 g/mol. The van der Waals surface area contributed by atoms with Crippen molar-refractivity contribution < 1.29 is 18.7 Å². The maximum atomic E-state index is 14.5. The maximum Gasteiger partial charge on any atom is 0.260 e. The fraction of sp³-hybridized carbons (Fsp3) is 0.619. The van der Waals surface area contributed by atoms with Crippen LogP contribution < -0.4 is 4.74 Å². The predicted molar refractivity (Wildman–Crippen MR) is 99.0 cm³/mol. The molecule has 5 nitrogen and oxygen atoms in total. The van der Waals surface area contributed by atoms with Gasteiger partial charge in [-0.3, -0.25) is 9.59 Å². The second kappa shape index (κ2) is 6.80. The number of benzene rings is 1. The van der Waals surface area contributed by atoms with Crippen LogP contribution in [0.25, 0.3) is 0 Å². The lowest BCUT2D eigenvalue weighted by molar-refractivity contribution is -0.153. The van der Waals surface area contributed by atoms with Gasteiger partial charge in [0, 0.05) is 31.6 Å². The Bertz CT molecular complexity index is 721. The van der Waals surface area contributed by atoms with Crippen LogP contribution in [-0.4, -0.2) is 53.0 Å². The fourth-order valence-corrected chi connectivity index (χ4v) is 4.67. The van der Waals surface area contributed by atoms with Gasteiger partial charge in [0.2, 0.25) is 5.91 Å². The zero-order valence-electron chi connectivity index (χ0n) is 15.9. The zero-order valence-corrected chi connectivity index (χ0v) is 15.9. The minimum atomic E-state index is -1.63. The molecule has 4 rings (SSSR count). The van der Waals surface area contributed by atoms with E-state index in [1.807, 2.05) is 29.2 Å². The highest BCUT2D eigenvalue weighted by Gasteiger charge is 2.51. The molecule has 3 fully saturated rings. The number of carbonyl (C=O) groups is 2. The molecule has 3 aliphatic rings. The molecule has 27 heavy (non-hydrogen) atoms. The first-order chi connectivity index (χ1) is 13.0. The molecule has 2 amide bonds. The van der Waals surface area contributed by atoms with Crippen LogP contribution in [0.4, 0.5) is 4.39 Å². The van der Waals surface area contributed by atoms with Gasteiger partial charge in [0.1, 0.15) is 5.75 Å². The number of piperidine rings is 1. The van der Waals surface area contributed by atoms with Crippen molar-refractivity contribution in [1.82, 2.24) is 9.80 Å². The highest BCUT2D eigenvalue weighted by Crippen LogP contribution is 2.42. The number of ether oxygens (including phenoxy) is 1. The average molecular weight is 374 g/mol. The van der Waals surface area contributed by atoms with Gasteiger partial charge in [0.25, 0.3) is 5.91 Å². The Morgan fingerprint density at radius 2 is 1.78 bits per heavy atom. The lowest BCUT2D eigenvalue weighted by Gasteiger charge is -2.47. The molecule has 146 valence electrons. The van der Waals surface area contributed by atoms with E-state index < -0.39 is 5.67 Å². The number of likely N-dealkylation sites (tertiary alicyclic amines) is 2. The molecule has 0 atom stereocenters. The molecule has 1 aromatic rings. The molecule has 2 saturated heterocycles. The summed E-state index contributed by atoms with van der Waals surface area (Å²) in [4.78, 5) is 28.7. The third-order valence-electron chi connectivity index (χ3n) is 6.69. The smallest absolute Gasteiger partial charge is 0.260 e. The first-order valence-electron chi connectivity index (χ1n) is 9.88. The molecular formula is C21H27FN2O3. The Kier molecular flexibility index (Phi) is 4.60. The number of hydrogen-bond acceptors (Lipinski definition) is 3. The second-order valence-electron chi connectivity index (χ2n) is 8.16. The number of amides is 2. The van der Waals surface area contributed by atoms with E-state index >= 15 is 0 Å². The van der Waals surface area contributed by atoms with Crippen LogP contribution in [0.5, 0.6) is 5.75 Å². The molecule has 1 saturated carbocycles. The number of hydrogen-bond donors (Lipinski definition) is 0. The van der Waals surface area contributed by atoms with Gasteiger partial charge in [-0.2, -0.15) is 0 Å². The number of rotatable bonds is 4. The Balaban J connectivity index is 1.44. The SMILES string of the molecule is COc1ccc(CN2C(=O)CCC23CCN(C(=O)C2(F)CCC2)CC3)cc1. The van der Waals surface area contributed by atoms with Gasteiger partial charge in [0.05, 0.1) is 7.11 Å². The number of carbonyl (C=O) groups excluding carboxylic acids is 2. The number of alkyl halides is 1. The van der Waals surface area contributed by atoms with E-state index in [-0.39, 0.29) is 17.4 Å². The van der Waals surface area contributed by atoms with Crippen LogP contribution in [-0.2, 0) is 16.1 Å². The Hall–Kier alpha value is -2.11. The van der Waals surface area contributed by atoms with Gasteiger partial charge in [-0.25, -0.2) is 4.39 Å². The number of halogens is 1. The summed E-state index contributed by atoms with van der Waals surface area (Å²) in [5.74, 6) is 0.630. The van der Waals surface area contributed by atoms with Gasteiger partial charge < -0.3 is 14.5 Å². The van der Waals surface area contributed by atoms with Gasteiger partial charge in [0.15, 0.2) is 5.67 Å². The molecule has 0 radical (unpaired) electrons. The summed E-state index contributed by atoms with van der Waals surface area (Å²) in [5.41, 5.74) is -0.753. The van der Waals surface area contributed by atoms with Crippen LogP contribution in [0, 0.1) is 0 Å². The third-order valence-corrected chi connectivity index (χ3v) is 6.69. The molecule has 0 N–H and O–H groups in total. The second-order valence-corrected chi connectivity index (χ2v) is 8.16. The molecule has 0 unspecified atom stereocenters. The van der Waals surface area contributed by atoms with Crippen LogP contribution in [0.15, 0.2) is 24.3 Å². The summed E-state index contributed by atoms with van der Waals surface area (Å²) in [6, 6.07) is 7.78. The summed E-state index contributed by atoms with van der Waals surface area (Å²) in [5, 5.41) is 0. The topological polar surface area (TPSA) is 49.9 Å². The standard InChI is InChI=1S/C21H27FN2O3/c1-27-17-5-3-16(4-6-17)15-24-18(25)7-10-20(24)11-13-23(14-12-20)19(26)21(22)8-2-9-21/h3-6H,2,7-15H2,1H3. The monoisotopic (exact) mass is 374 g/mol. The Morgan fingerprint density at radius 1 is 1.11 bits per heavy atom. The minimum Gasteiger partial charge on any atom is -0.497 e. The lowest BCUT2D eigenvalue weighted by Crippen LogP contribution is -2.58. The Morgan fingerprint density at radius 3 is 2.33 bits per heavy atom. The van der Waals surface area contributed by atoms with E-state index in [2.05, 4.69) is 0 Å². The van der Waals surface area contributed by atoms with E-state index in [9.17, 15) is 14.0 Å². The van der Waals surface area contributed by atoms with Crippen molar-refractivity contribution in [2.75, 3.05) is 20.2 Å². The van der Waals surface area contributed by atoms with Crippen molar-refractivity contribution in [3.63, 3.8) is 0 Å². The highest BCUT2D eigenvalue weighted by molar-refractivity contribution is 5.86. The van der Waals surface area contributed by atoms with Crippen molar-refractivity contribution >= 4 is 11.8 Å². The van der Waals surface area contributed by atoms with Crippen molar-refractivity contribution in [2.24, 2.45) is 0 Å². The molecule has 2 aliphatic heterocycles.